The number of halogens is 1. The lowest BCUT2D eigenvalue weighted by Crippen LogP contribution is -2.56. The van der Waals surface area contributed by atoms with Gasteiger partial charge < -0.3 is 25.0 Å². The number of aromatic nitrogens is 2. The molecule has 0 saturated carbocycles. The minimum atomic E-state index is -1.18. The van der Waals surface area contributed by atoms with Crippen LogP contribution in [-0.4, -0.2) is 64.8 Å². The van der Waals surface area contributed by atoms with E-state index in [9.17, 15) is 14.7 Å². The fourth-order valence-corrected chi connectivity index (χ4v) is 3.47. The molecule has 0 spiro atoms. The zero-order valence-electron chi connectivity index (χ0n) is 14.9. The Balaban J connectivity index is 1.99. The summed E-state index contributed by atoms with van der Waals surface area (Å²) in [4.78, 5) is 35.1. The number of urea groups is 1. The molecule has 1 aliphatic rings. The number of carboxylic acids is 1. The Morgan fingerprint density at radius 1 is 1.42 bits per heavy atom. The van der Waals surface area contributed by atoms with E-state index in [0.717, 1.165) is 24.6 Å². The SMILES string of the molecule is CCCCNC(=O)N1CCN(c2cc(Cl)nc(SCC(=O)[O-])n2)C[C@@H]1C. The van der Waals surface area contributed by atoms with Gasteiger partial charge in [-0.3, -0.25) is 0 Å². The molecule has 1 aliphatic heterocycles. The molecule has 8 nitrogen and oxygen atoms in total. The van der Waals surface area contributed by atoms with Crippen molar-refractivity contribution in [2.24, 2.45) is 0 Å². The Morgan fingerprint density at radius 3 is 2.85 bits per heavy atom. The number of thioether (sulfide) groups is 1. The number of anilines is 1. The molecule has 2 heterocycles. The van der Waals surface area contributed by atoms with Crippen molar-refractivity contribution in [3.8, 4) is 0 Å². The number of carbonyl (C=O) groups excluding carboxylic acids is 2. The summed E-state index contributed by atoms with van der Waals surface area (Å²) in [6.45, 7) is 6.55. The van der Waals surface area contributed by atoms with Crippen LogP contribution in [0, 0.1) is 0 Å². The van der Waals surface area contributed by atoms with Gasteiger partial charge in [-0.05, 0) is 13.3 Å². The molecule has 1 N–H and O–H groups in total. The highest BCUT2D eigenvalue weighted by Gasteiger charge is 2.28. The number of hydrogen-bond acceptors (Lipinski definition) is 7. The molecule has 0 radical (unpaired) electrons. The second kappa shape index (κ2) is 9.82. The Morgan fingerprint density at radius 2 is 2.19 bits per heavy atom. The molecule has 0 aromatic carbocycles. The summed E-state index contributed by atoms with van der Waals surface area (Å²) in [5, 5.41) is 14.1. The first kappa shape index (κ1) is 20.6. The maximum Gasteiger partial charge on any atom is 0.317 e. The maximum atomic E-state index is 12.3. The minimum Gasteiger partial charge on any atom is -0.549 e. The van der Waals surface area contributed by atoms with E-state index in [1.54, 1.807) is 6.07 Å². The summed E-state index contributed by atoms with van der Waals surface area (Å²) in [5.74, 6) is -0.790. The third-order valence-electron chi connectivity index (χ3n) is 4.00. The molecule has 1 atom stereocenters. The van der Waals surface area contributed by atoms with Gasteiger partial charge >= 0.3 is 6.03 Å². The van der Waals surface area contributed by atoms with E-state index in [4.69, 9.17) is 11.6 Å². The lowest BCUT2D eigenvalue weighted by atomic mass is 10.2. The highest BCUT2D eigenvalue weighted by molar-refractivity contribution is 7.99. The first-order valence-electron chi connectivity index (χ1n) is 8.57. The molecule has 1 aromatic heterocycles. The lowest BCUT2D eigenvalue weighted by molar-refractivity contribution is -0.301. The molecule has 26 heavy (non-hydrogen) atoms. The molecule has 1 fully saturated rings. The van der Waals surface area contributed by atoms with Crippen LogP contribution in [0.15, 0.2) is 11.2 Å². The van der Waals surface area contributed by atoms with Gasteiger partial charge in [-0.25, -0.2) is 14.8 Å². The van der Waals surface area contributed by atoms with Crippen molar-refractivity contribution in [1.82, 2.24) is 20.2 Å². The van der Waals surface area contributed by atoms with Crippen molar-refractivity contribution in [2.75, 3.05) is 36.8 Å². The Bertz CT molecular complexity index is 648. The molecular weight excluding hydrogens is 378 g/mol. The third kappa shape index (κ3) is 5.91. The Labute approximate surface area is 162 Å². The summed E-state index contributed by atoms with van der Waals surface area (Å²) in [7, 11) is 0. The standard InChI is InChI=1S/C16H24ClN5O3S/c1-3-4-5-18-16(25)22-7-6-21(9-11(22)2)13-8-12(17)19-15(20-13)26-10-14(23)24/h8,11H,3-7,9-10H2,1-2H3,(H,18,25)(H,23,24)/p-1/t11-/m0/s1. The Kier molecular flexibility index (Phi) is 7.77. The van der Waals surface area contributed by atoms with Gasteiger partial charge in [0.25, 0.3) is 0 Å². The van der Waals surface area contributed by atoms with E-state index >= 15 is 0 Å². The molecular formula is C16H23ClN5O3S-. The first-order valence-corrected chi connectivity index (χ1v) is 9.93. The fraction of sp³-hybridized carbons (Fsp3) is 0.625. The van der Waals surface area contributed by atoms with Gasteiger partial charge in [0.15, 0.2) is 5.16 Å². The van der Waals surface area contributed by atoms with Crippen molar-refractivity contribution in [3.63, 3.8) is 0 Å². The van der Waals surface area contributed by atoms with Crippen molar-refractivity contribution >= 4 is 41.2 Å². The van der Waals surface area contributed by atoms with Gasteiger partial charge in [0.1, 0.15) is 11.0 Å². The largest absolute Gasteiger partial charge is 0.549 e. The van der Waals surface area contributed by atoms with Gasteiger partial charge in [0.2, 0.25) is 0 Å². The van der Waals surface area contributed by atoms with E-state index in [0.29, 0.717) is 37.2 Å². The zero-order valence-corrected chi connectivity index (χ0v) is 16.5. The molecule has 2 rings (SSSR count). The van der Waals surface area contributed by atoms with E-state index < -0.39 is 5.97 Å². The number of carbonyl (C=O) groups is 2. The van der Waals surface area contributed by atoms with E-state index in [1.165, 1.54) is 0 Å². The van der Waals surface area contributed by atoms with Crippen LogP contribution in [-0.2, 0) is 4.79 Å². The monoisotopic (exact) mass is 400 g/mol. The second-order valence-electron chi connectivity index (χ2n) is 6.07. The van der Waals surface area contributed by atoms with Crippen LogP contribution in [0.1, 0.15) is 26.7 Å². The molecule has 1 aromatic rings. The van der Waals surface area contributed by atoms with Crippen LogP contribution in [0.3, 0.4) is 0 Å². The smallest absolute Gasteiger partial charge is 0.317 e. The number of rotatable bonds is 7. The number of nitrogens with one attached hydrogen (secondary N) is 1. The van der Waals surface area contributed by atoms with Crippen molar-refractivity contribution in [3.05, 3.63) is 11.2 Å². The second-order valence-corrected chi connectivity index (χ2v) is 7.40. The van der Waals surface area contributed by atoms with Gasteiger partial charge in [-0.2, -0.15) is 0 Å². The molecule has 1 saturated heterocycles. The number of carboxylic acid groups (broad SMARTS) is 1. The molecule has 0 aliphatic carbocycles. The van der Waals surface area contributed by atoms with E-state index in [-0.39, 0.29) is 23.0 Å². The third-order valence-corrected chi connectivity index (χ3v) is 5.01. The summed E-state index contributed by atoms with van der Waals surface area (Å²) >= 11 is 7.01. The van der Waals surface area contributed by atoms with Crippen LogP contribution in [0.2, 0.25) is 5.15 Å². The molecule has 0 bridgehead atoms. The van der Waals surface area contributed by atoms with E-state index in [1.807, 2.05) is 16.7 Å². The number of unbranched alkanes of at least 4 members (excludes halogenated alkanes) is 1. The molecule has 144 valence electrons. The summed E-state index contributed by atoms with van der Waals surface area (Å²) in [5.41, 5.74) is 0. The highest BCUT2D eigenvalue weighted by atomic mass is 35.5. The predicted molar refractivity (Wildman–Crippen MR) is 99.5 cm³/mol. The molecule has 2 amide bonds. The van der Waals surface area contributed by atoms with Crippen LogP contribution < -0.4 is 15.3 Å². The first-order chi connectivity index (χ1) is 12.4. The van der Waals surface area contributed by atoms with Crippen LogP contribution >= 0.6 is 23.4 Å². The predicted octanol–water partition coefficient (Wildman–Crippen LogP) is 0.992. The van der Waals surface area contributed by atoms with Gasteiger partial charge in [0, 0.05) is 44.0 Å². The van der Waals surface area contributed by atoms with Crippen LogP contribution in [0.25, 0.3) is 0 Å². The van der Waals surface area contributed by atoms with Crippen LogP contribution in [0.4, 0.5) is 10.6 Å². The van der Waals surface area contributed by atoms with Crippen molar-refractivity contribution in [2.45, 2.75) is 37.9 Å². The summed E-state index contributed by atoms with van der Waals surface area (Å²) < 4.78 is 0. The number of aliphatic carboxylic acids is 1. The fourth-order valence-electron chi connectivity index (χ4n) is 2.68. The topological polar surface area (TPSA) is 101 Å². The molecule has 0 unspecified atom stereocenters. The maximum absolute atomic E-state index is 12.3. The number of nitrogens with zero attached hydrogens (tertiary/aromatic N) is 4. The number of amides is 2. The highest BCUT2D eigenvalue weighted by Crippen LogP contribution is 2.23. The minimum absolute atomic E-state index is 0.0124. The van der Waals surface area contributed by atoms with Gasteiger partial charge in [0.05, 0.1) is 5.97 Å². The average molecular weight is 401 g/mol. The van der Waals surface area contributed by atoms with Crippen molar-refractivity contribution < 1.29 is 14.7 Å². The lowest BCUT2D eigenvalue weighted by Gasteiger charge is -2.40. The zero-order chi connectivity index (χ0) is 19.1. The van der Waals surface area contributed by atoms with Crippen LogP contribution in [0.5, 0.6) is 0 Å². The number of piperazine rings is 1. The summed E-state index contributed by atoms with van der Waals surface area (Å²) in [6.07, 6.45) is 2.00. The van der Waals surface area contributed by atoms with Crippen molar-refractivity contribution in [1.29, 1.82) is 0 Å². The normalized spacial score (nSPS) is 17.3. The molecule has 10 heteroatoms. The van der Waals surface area contributed by atoms with Gasteiger partial charge in [-0.15, -0.1) is 0 Å². The van der Waals surface area contributed by atoms with Gasteiger partial charge in [-0.1, -0.05) is 36.7 Å². The number of hydrogen-bond donors (Lipinski definition) is 1. The average Bonchev–Trinajstić information content (AvgIpc) is 2.59. The van der Waals surface area contributed by atoms with E-state index in [2.05, 4.69) is 22.2 Å². The Hall–Kier alpha value is -1.74. The quantitative estimate of drug-likeness (QED) is 0.315. The summed E-state index contributed by atoms with van der Waals surface area (Å²) in [6, 6.07) is 1.61.